The van der Waals surface area contributed by atoms with Crippen LogP contribution >= 0.6 is 0 Å². The summed E-state index contributed by atoms with van der Waals surface area (Å²) in [5, 5.41) is 3.61. The van der Waals surface area contributed by atoms with Crippen LogP contribution in [0.5, 0.6) is 0 Å². The molecule has 7 aromatic rings. The minimum absolute atomic E-state index is 0.876. The van der Waals surface area contributed by atoms with E-state index in [1.165, 1.54) is 60.7 Å². The molecule has 0 fully saturated rings. The Morgan fingerprint density at radius 1 is 0.657 bits per heavy atom. The fraction of sp³-hybridized carbons (Fsp3) is 0.0645. The van der Waals surface area contributed by atoms with Crippen molar-refractivity contribution in [1.29, 1.82) is 0 Å². The minimum atomic E-state index is 0.876. The van der Waals surface area contributed by atoms with Gasteiger partial charge in [-0.25, -0.2) is 9.97 Å². The smallest absolute Gasteiger partial charge is 0.165 e. The summed E-state index contributed by atoms with van der Waals surface area (Å²) in [6, 6.07) is 24.4. The van der Waals surface area contributed by atoms with E-state index < -0.39 is 0 Å². The molecular weight excluding hydrogens is 428 g/mol. The third kappa shape index (κ3) is 2.15. The number of imidazole rings is 1. The van der Waals surface area contributed by atoms with E-state index in [1.54, 1.807) is 0 Å². The molecule has 4 aromatic heterocycles. The molecule has 4 nitrogen and oxygen atoms in total. The van der Waals surface area contributed by atoms with Crippen molar-refractivity contribution in [3.05, 3.63) is 108 Å². The van der Waals surface area contributed by atoms with Gasteiger partial charge in [0.1, 0.15) is 11.2 Å². The van der Waals surface area contributed by atoms with E-state index in [4.69, 9.17) is 9.97 Å². The van der Waals surface area contributed by atoms with Crippen molar-refractivity contribution in [2.24, 2.45) is 0 Å². The van der Waals surface area contributed by atoms with Gasteiger partial charge < -0.3 is 0 Å². The Labute approximate surface area is 200 Å². The number of hydrogen-bond donors (Lipinski definition) is 0. The van der Waals surface area contributed by atoms with Crippen LogP contribution in [0.3, 0.4) is 0 Å². The van der Waals surface area contributed by atoms with Crippen LogP contribution in [0.4, 0.5) is 0 Å². The van der Waals surface area contributed by atoms with E-state index in [-0.39, 0.29) is 0 Å². The Morgan fingerprint density at radius 3 is 2.57 bits per heavy atom. The molecule has 162 valence electrons. The van der Waals surface area contributed by atoms with Gasteiger partial charge in [-0.3, -0.25) is 9.38 Å². The lowest BCUT2D eigenvalue weighted by Crippen LogP contribution is -1.95. The van der Waals surface area contributed by atoms with Crippen LogP contribution in [0.2, 0.25) is 0 Å². The molecule has 2 aliphatic rings. The molecular formula is C31H18N4. The minimum Gasteiger partial charge on any atom is -0.274 e. The SMILES string of the molecule is c1ccc2c(c1)Cc1cc3c(cc1-2)-c1c(ccc2c4ccncc4n4c5ncccc5nc4c12)C3. The number of rotatable bonds is 0. The predicted molar refractivity (Wildman–Crippen MR) is 140 cm³/mol. The Bertz CT molecular complexity index is 2070. The lowest BCUT2D eigenvalue weighted by Gasteiger charge is -2.13. The van der Waals surface area contributed by atoms with Gasteiger partial charge in [0.15, 0.2) is 5.65 Å². The lowest BCUT2D eigenvalue weighted by molar-refractivity contribution is 1.21. The normalized spacial score (nSPS) is 13.5. The van der Waals surface area contributed by atoms with E-state index in [1.807, 2.05) is 30.7 Å². The van der Waals surface area contributed by atoms with Crippen molar-refractivity contribution in [3.63, 3.8) is 0 Å². The first kappa shape index (κ1) is 17.8. The quantitative estimate of drug-likeness (QED) is 0.243. The number of benzene rings is 3. The fourth-order valence-electron chi connectivity index (χ4n) is 6.48. The second-order valence-corrected chi connectivity index (χ2v) is 9.71. The summed E-state index contributed by atoms with van der Waals surface area (Å²) in [7, 11) is 0. The Morgan fingerprint density at radius 2 is 1.57 bits per heavy atom. The van der Waals surface area contributed by atoms with E-state index in [2.05, 4.69) is 64.0 Å². The van der Waals surface area contributed by atoms with Gasteiger partial charge in [-0.2, -0.15) is 0 Å². The van der Waals surface area contributed by atoms with Crippen molar-refractivity contribution in [3.8, 4) is 22.3 Å². The van der Waals surface area contributed by atoms with Crippen LogP contribution in [0.15, 0.2) is 85.3 Å². The van der Waals surface area contributed by atoms with Crippen LogP contribution in [0.25, 0.3) is 60.7 Å². The van der Waals surface area contributed by atoms with Crippen molar-refractivity contribution in [2.75, 3.05) is 0 Å². The van der Waals surface area contributed by atoms with Crippen LogP contribution in [0, 0.1) is 0 Å². The average Bonchev–Trinajstić information content (AvgIpc) is 3.58. The number of fused-ring (bicyclic) bond motifs is 15. The number of pyridine rings is 3. The highest BCUT2D eigenvalue weighted by atomic mass is 15.1. The molecule has 9 rings (SSSR count). The van der Waals surface area contributed by atoms with Gasteiger partial charge >= 0.3 is 0 Å². The van der Waals surface area contributed by atoms with Gasteiger partial charge in [0.2, 0.25) is 0 Å². The van der Waals surface area contributed by atoms with E-state index in [0.717, 1.165) is 35.2 Å². The highest BCUT2D eigenvalue weighted by molar-refractivity contribution is 6.19. The van der Waals surface area contributed by atoms with Gasteiger partial charge in [-0.15, -0.1) is 0 Å². The predicted octanol–water partition coefficient (Wildman–Crippen LogP) is 6.73. The van der Waals surface area contributed by atoms with Crippen LogP contribution in [-0.4, -0.2) is 19.4 Å². The summed E-state index contributed by atoms with van der Waals surface area (Å²) < 4.78 is 2.20. The first-order valence-electron chi connectivity index (χ1n) is 12.0. The van der Waals surface area contributed by atoms with Gasteiger partial charge in [0, 0.05) is 23.2 Å². The molecule has 4 heterocycles. The monoisotopic (exact) mass is 446 g/mol. The fourth-order valence-corrected chi connectivity index (χ4v) is 6.48. The summed E-state index contributed by atoms with van der Waals surface area (Å²) in [5.41, 5.74) is 14.9. The molecule has 0 saturated carbocycles. The summed E-state index contributed by atoms with van der Waals surface area (Å²) in [6.07, 6.45) is 7.64. The first-order valence-corrected chi connectivity index (χ1v) is 12.0. The highest BCUT2D eigenvalue weighted by Gasteiger charge is 2.28. The molecule has 3 aromatic carbocycles. The molecule has 0 N–H and O–H groups in total. The van der Waals surface area contributed by atoms with Crippen LogP contribution < -0.4 is 0 Å². The topological polar surface area (TPSA) is 43.1 Å². The molecule has 2 aliphatic carbocycles. The molecule has 0 bridgehead atoms. The Balaban J connectivity index is 1.48. The van der Waals surface area contributed by atoms with E-state index in [0.29, 0.717) is 0 Å². The standard InChI is InChI=1S/C31H18N4/c1-2-5-21-17(4-1)12-19-14-20-13-18-7-8-23-22-9-11-32-16-27(22)35-30-26(6-3-10-33-30)34-31(35)29(23)28(18)25(20)15-24(19)21/h1-11,14-16H,12-13H2. The van der Waals surface area contributed by atoms with Crippen LogP contribution in [0.1, 0.15) is 22.3 Å². The second kappa shape index (κ2) is 6.10. The van der Waals surface area contributed by atoms with Crippen molar-refractivity contribution in [2.45, 2.75) is 12.8 Å². The molecule has 0 amide bonds. The average molecular weight is 447 g/mol. The maximum absolute atomic E-state index is 5.13. The Hall–Kier alpha value is -4.57. The van der Waals surface area contributed by atoms with Gasteiger partial charge in [-0.1, -0.05) is 42.5 Å². The molecule has 4 heteroatoms. The summed E-state index contributed by atoms with van der Waals surface area (Å²) in [5.74, 6) is 0. The van der Waals surface area contributed by atoms with Crippen molar-refractivity contribution in [1.82, 2.24) is 19.4 Å². The van der Waals surface area contributed by atoms with Crippen molar-refractivity contribution < 1.29 is 0 Å². The molecule has 0 radical (unpaired) electrons. The van der Waals surface area contributed by atoms with Gasteiger partial charge in [0.25, 0.3) is 0 Å². The van der Waals surface area contributed by atoms with Gasteiger partial charge in [0.05, 0.1) is 11.7 Å². The molecule has 0 aliphatic heterocycles. The Kier molecular flexibility index (Phi) is 3.11. The first-order chi connectivity index (χ1) is 17.3. The summed E-state index contributed by atoms with van der Waals surface area (Å²) >= 11 is 0. The number of aromatic nitrogens is 4. The van der Waals surface area contributed by atoms with Gasteiger partial charge in [-0.05, 0) is 87.0 Å². The molecule has 35 heavy (non-hydrogen) atoms. The third-order valence-corrected chi connectivity index (χ3v) is 7.93. The van der Waals surface area contributed by atoms with Crippen molar-refractivity contribution >= 4 is 38.5 Å². The molecule has 0 atom stereocenters. The molecule has 0 saturated heterocycles. The second-order valence-electron chi connectivity index (χ2n) is 9.71. The zero-order valence-corrected chi connectivity index (χ0v) is 18.8. The summed E-state index contributed by atoms with van der Waals surface area (Å²) in [4.78, 5) is 14.3. The molecule has 0 unspecified atom stereocenters. The largest absolute Gasteiger partial charge is 0.274 e. The zero-order valence-electron chi connectivity index (χ0n) is 18.8. The third-order valence-electron chi connectivity index (χ3n) is 7.93. The highest BCUT2D eigenvalue weighted by Crippen LogP contribution is 2.48. The zero-order chi connectivity index (χ0) is 22.7. The lowest BCUT2D eigenvalue weighted by atomic mass is 9.94. The number of nitrogens with zero attached hydrogens (tertiary/aromatic N) is 4. The van der Waals surface area contributed by atoms with E-state index >= 15 is 0 Å². The maximum atomic E-state index is 5.13. The van der Waals surface area contributed by atoms with Crippen LogP contribution in [-0.2, 0) is 12.8 Å². The number of hydrogen-bond acceptors (Lipinski definition) is 3. The molecule has 0 spiro atoms. The van der Waals surface area contributed by atoms with E-state index in [9.17, 15) is 0 Å². The maximum Gasteiger partial charge on any atom is 0.165 e. The summed E-state index contributed by atoms with van der Waals surface area (Å²) in [6.45, 7) is 0.